The number of primary amides is 1. The maximum atomic E-state index is 13.5. The van der Waals surface area contributed by atoms with Crippen molar-refractivity contribution in [3.05, 3.63) is 58.1 Å². The molecule has 0 bridgehead atoms. The number of nitrogens with two attached hydrogens (primary N) is 1. The fraction of sp³-hybridized carbons (Fsp3) is 0.370. The molecule has 4 atom stereocenters. The second kappa shape index (κ2) is 11.1. The van der Waals surface area contributed by atoms with Gasteiger partial charge in [-0.05, 0) is 50.6 Å². The molecular formula is C27H31N3O11. The fourth-order valence-electron chi connectivity index (χ4n) is 5.80. The van der Waals surface area contributed by atoms with Gasteiger partial charge in [0.05, 0.1) is 11.6 Å². The third-order valence-electron chi connectivity index (χ3n) is 7.43. The van der Waals surface area contributed by atoms with Crippen LogP contribution in [0.1, 0.15) is 22.3 Å². The Hall–Kier alpha value is -4.69. The lowest BCUT2D eigenvalue weighted by Crippen LogP contribution is -2.63. The quantitative estimate of drug-likeness (QED) is 0.180. The van der Waals surface area contributed by atoms with E-state index in [4.69, 9.17) is 15.9 Å². The number of hydrogen-bond donors (Lipinski definition) is 7. The second-order valence-corrected chi connectivity index (χ2v) is 10.3. The van der Waals surface area contributed by atoms with Crippen molar-refractivity contribution in [1.82, 2.24) is 4.90 Å². The number of hydrogen-bond acceptors (Lipinski definition) is 11. The van der Waals surface area contributed by atoms with E-state index in [1.165, 1.54) is 11.0 Å². The highest BCUT2D eigenvalue weighted by Gasteiger charge is 2.63. The van der Waals surface area contributed by atoms with Gasteiger partial charge in [-0.25, -0.2) is 9.59 Å². The first-order valence-corrected chi connectivity index (χ1v) is 12.3. The molecule has 220 valence electrons. The van der Waals surface area contributed by atoms with E-state index in [1.54, 1.807) is 39.2 Å². The number of carbonyl (C=O) groups is 5. The van der Waals surface area contributed by atoms with Crippen molar-refractivity contribution < 1.29 is 54.6 Å². The van der Waals surface area contributed by atoms with E-state index in [0.29, 0.717) is 17.7 Å². The molecule has 0 saturated heterocycles. The fourth-order valence-corrected chi connectivity index (χ4v) is 5.80. The maximum Gasteiger partial charge on any atom is 0.328 e. The van der Waals surface area contributed by atoms with Crippen LogP contribution in [0.3, 0.4) is 0 Å². The molecule has 1 amide bonds. The average molecular weight is 574 g/mol. The Morgan fingerprint density at radius 3 is 2.02 bits per heavy atom. The van der Waals surface area contributed by atoms with Gasteiger partial charge in [0.25, 0.3) is 5.91 Å². The molecule has 0 unspecified atom stereocenters. The van der Waals surface area contributed by atoms with Crippen LogP contribution in [0.25, 0.3) is 0 Å². The normalized spacial score (nSPS) is 25.3. The van der Waals surface area contributed by atoms with Crippen LogP contribution in [-0.2, 0) is 25.6 Å². The smallest absolute Gasteiger partial charge is 0.328 e. The topological polar surface area (TPSA) is 239 Å². The summed E-state index contributed by atoms with van der Waals surface area (Å²) in [7, 11) is 6.79. The summed E-state index contributed by atoms with van der Waals surface area (Å²) in [6.07, 6.45) is 1.44. The van der Waals surface area contributed by atoms with Crippen LogP contribution in [0.2, 0.25) is 0 Å². The molecule has 0 saturated carbocycles. The lowest BCUT2D eigenvalue weighted by atomic mass is 9.58. The summed E-state index contributed by atoms with van der Waals surface area (Å²) in [5.41, 5.74) is 3.02. The Morgan fingerprint density at radius 2 is 1.56 bits per heavy atom. The molecule has 41 heavy (non-hydrogen) atoms. The summed E-state index contributed by atoms with van der Waals surface area (Å²) in [5, 5.41) is 59.5. The number of aliphatic hydroxyl groups is 3. The number of phenolic OH excluding ortho intramolecular Hbond substituents is 1. The Labute approximate surface area is 233 Å². The van der Waals surface area contributed by atoms with Crippen LogP contribution in [0.5, 0.6) is 5.75 Å². The summed E-state index contributed by atoms with van der Waals surface area (Å²) in [4.78, 5) is 61.1. The first-order chi connectivity index (χ1) is 19.0. The molecular weight excluding hydrogens is 542 g/mol. The van der Waals surface area contributed by atoms with Crippen molar-refractivity contribution in [3.8, 4) is 5.75 Å². The van der Waals surface area contributed by atoms with Gasteiger partial charge >= 0.3 is 11.9 Å². The summed E-state index contributed by atoms with van der Waals surface area (Å²) >= 11 is 0. The van der Waals surface area contributed by atoms with E-state index in [0.717, 1.165) is 5.69 Å². The minimum absolute atomic E-state index is 0.00184. The Bertz CT molecular complexity index is 1420. The summed E-state index contributed by atoms with van der Waals surface area (Å²) in [5.74, 6) is -9.05. The number of carbonyl (C=O) groups excluding carboxylic acids is 3. The summed E-state index contributed by atoms with van der Waals surface area (Å²) < 4.78 is 0. The van der Waals surface area contributed by atoms with E-state index in [1.807, 2.05) is 0 Å². The first-order valence-electron chi connectivity index (χ1n) is 12.3. The predicted octanol–water partition coefficient (Wildman–Crippen LogP) is -0.102. The minimum atomic E-state index is -2.63. The van der Waals surface area contributed by atoms with E-state index in [9.17, 15) is 44.4 Å². The minimum Gasteiger partial charge on any atom is -0.510 e. The van der Waals surface area contributed by atoms with E-state index in [-0.39, 0.29) is 29.7 Å². The highest BCUT2D eigenvalue weighted by atomic mass is 16.4. The highest BCUT2D eigenvalue weighted by Crippen LogP contribution is 2.52. The summed E-state index contributed by atoms with van der Waals surface area (Å²) in [6, 6.07) is 2.06. The molecule has 3 aliphatic carbocycles. The number of benzene rings is 1. The van der Waals surface area contributed by atoms with Gasteiger partial charge in [0.2, 0.25) is 5.78 Å². The third-order valence-corrected chi connectivity index (χ3v) is 7.43. The van der Waals surface area contributed by atoms with Crippen molar-refractivity contribution in [2.45, 2.75) is 24.5 Å². The molecule has 3 aliphatic rings. The number of amides is 1. The largest absolute Gasteiger partial charge is 0.510 e. The zero-order chi connectivity index (χ0) is 31.1. The predicted molar refractivity (Wildman–Crippen MR) is 142 cm³/mol. The first kappa shape index (κ1) is 30.8. The molecule has 0 spiro atoms. The zero-order valence-electron chi connectivity index (χ0n) is 22.7. The van der Waals surface area contributed by atoms with Crippen LogP contribution in [0, 0.1) is 11.8 Å². The van der Waals surface area contributed by atoms with E-state index >= 15 is 0 Å². The number of aliphatic hydroxyl groups excluding tert-OH is 2. The highest BCUT2D eigenvalue weighted by molar-refractivity contribution is 6.24. The van der Waals surface area contributed by atoms with Crippen LogP contribution < -0.4 is 10.6 Å². The molecule has 0 fully saturated rings. The van der Waals surface area contributed by atoms with Gasteiger partial charge in [0, 0.05) is 43.4 Å². The van der Waals surface area contributed by atoms with Crippen molar-refractivity contribution in [1.29, 1.82) is 0 Å². The molecule has 0 aliphatic heterocycles. The standard InChI is InChI=1S/C23H27N3O7.C4H4O4/c1-25(2)12-5-6-13(27)15-10(12)7-9-8-11-17(26(3)4)19(29)16(22(24)32)21(31)23(11,33)20(30)14(9)18(15)28;5-3(6)1-2-4(7)8/h5-6,9,11,17,27,29-30,33H,7-8H2,1-4H3,(H2,24,32);1-2H,(H,5,6)(H,7,8)/b;2-1+/t9-,11-,17-,23-;/m0./s1. The zero-order valence-corrected chi connectivity index (χ0v) is 22.7. The van der Waals surface area contributed by atoms with Crippen LogP contribution >= 0.6 is 0 Å². The number of fused-ring (bicyclic) bond motifs is 3. The summed E-state index contributed by atoms with van der Waals surface area (Å²) in [6.45, 7) is 0. The van der Waals surface area contributed by atoms with Crippen molar-refractivity contribution >= 4 is 35.1 Å². The molecule has 14 heteroatoms. The van der Waals surface area contributed by atoms with Gasteiger partial charge in [-0.2, -0.15) is 0 Å². The van der Waals surface area contributed by atoms with Crippen LogP contribution in [-0.4, -0.2) is 105 Å². The molecule has 4 rings (SSSR count). The Balaban J connectivity index is 0.000000507. The number of aliphatic carboxylic acids is 2. The molecule has 0 aromatic heterocycles. The number of nitrogens with zero attached hydrogens (tertiary/aromatic N) is 2. The van der Waals surface area contributed by atoms with Crippen molar-refractivity contribution in [2.24, 2.45) is 17.6 Å². The number of carboxylic acid groups (broad SMARTS) is 2. The maximum absolute atomic E-state index is 13.5. The lowest BCUT2D eigenvalue weighted by molar-refractivity contribution is -0.148. The number of likely N-dealkylation sites (N-methyl/N-ethyl adjacent to an activating group) is 1. The number of carboxylic acids is 2. The van der Waals surface area contributed by atoms with Gasteiger partial charge in [-0.15, -0.1) is 0 Å². The monoisotopic (exact) mass is 573 g/mol. The van der Waals surface area contributed by atoms with Crippen LogP contribution in [0.15, 0.2) is 46.9 Å². The SMILES string of the molecule is CN(C)c1ccc(O)c2c1C[C@H]1C[C@H]3[C@H](N(C)C)C(O)=C(C(N)=O)C(=O)[C@@]3(O)C(O)=C1C2=O.O=C(O)/C=C/C(=O)O. The Morgan fingerprint density at radius 1 is 1.00 bits per heavy atom. The second-order valence-electron chi connectivity index (χ2n) is 10.3. The van der Waals surface area contributed by atoms with Gasteiger partial charge < -0.3 is 41.3 Å². The number of aromatic hydroxyl groups is 1. The van der Waals surface area contributed by atoms with Crippen molar-refractivity contribution in [2.75, 3.05) is 33.1 Å². The van der Waals surface area contributed by atoms with Gasteiger partial charge in [-0.1, -0.05) is 0 Å². The number of Topliss-reactive ketones (excluding diaryl/α,β-unsaturated/α-hetero) is 2. The lowest BCUT2D eigenvalue weighted by Gasteiger charge is -2.50. The Kier molecular flexibility index (Phi) is 8.32. The molecule has 14 nitrogen and oxygen atoms in total. The molecule has 0 radical (unpaired) electrons. The van der Waals surface area contributed by atoms with Crippen LogP contribution in [0.4, 0.5) is 5.69 Å². The molecule has 1 aromatic rings. The average Bonchev–Trinajstić information content (AvgIpc) is 2.84. The third kappa shape index (κ3) is 5.14. The molecule has 0 heterocycles. The van der Waals surface area contributed by atoms with E-state index < -0.39 is 70.0 Å². The molecule has 1 aromatic carbocycles. The number of allylic oxidation sites excluding steroid dienone is 1. The van der Waals surface area contributed by atoms with Gasteiger partial charge in [0.15, 0.2) is 11.4 Å². The van der Waals surface area contributed by atoms with E-state index in [2.05, 4.69) is 0 Å². The number of phenols is 1. The van der Waals surface area contributed by atoms with Gasteiger partial charge in [0.1, 0.15) is 22.8 Å². The van der Waals surface area contributed by atoms with Crippen molar-refractivity contribution in [3.63, 3.8) is 0 Å². The number of rotatable bonds is 5. The van der Waals surface area contributed by atoms with Gasteiger partial charge in [-0.3, -0.25) is 19.3 Å². The molecule has 8 N–H and O–H groups in total. The number of ketones is 2. The number of anilines is 1.